The first-order valence-corrected chi connectivity index (χ1v) is 15.7. The molecule has 0 radical (unpaired) electrons. The molecule has 3 unspecified atom stereocenters. The van der Waals surface area contributed by atoms with Crippen molar-refractivity contribution in [3.8, 4) is 0 Å². The Kier molecular flexibility index (Phi) is 14.2. The average Bonchev–Trinajstić information content (AvgIpc) is 3.09. The van der Waals surface area contributed by atoms with E-state index in [1.54, 1.807) is 67.6 Å². The molecule has 0 aromatic heterocycles. The summed E-state index contributed by atoms with van der Waals surface area (Å²) < 4.78 is 41.9. The SMILES string of the molecule is CCCCOCC(C)O[C@@H](O[C@H](COC(=O)c1ccccc1)[C@@H]1OC(c2ccccc2)OCC1O)[C@H](C)OC(=O)c1ccccc1. The lowest BCUT2D eigenvalue weighted by atomic mass is 10.1. The number of ether oxygens (including phenoxy) is 7. The predicted molar refractivity (Wildman–Crippen MR) is 169 cm³/mol. The predicted octanol–water partition coefficient (Wildman–Crippen LogP) is 5.50. The Labute approximate surface area is 270 Å². The Morgan fingerprint density at radius 1 is 0.848 bits per heavy atom. The summed E-state index contributed by atoms with van der Waals surface area (Å²) in [5.74, 6) is -1.13. The largest absolute Gasteiger partial charge is 0.459 e. The number of aliphatic hydroxyl groups excluding tert-OH is 1. The minimum Gasteiger partial charge on any atom is -0.459 e. The van der Waals surface area contributed by atoms with Gasteiger partial charge in [-0.3, -0.25) is 0 Å². The van der Waals surface area contributed by atoms with E-state index in [0.29, 0.717) is 17.7 Å². The van der Waals surface area contributed by atoms with E-state index in [-0.39, 0.29) is 19.8 Å². The van der Waals surface area contributed by atoms with Crippen LogP contribution in [0.4, 0.5) is 0 Å². The first-order chi connectivity index (χ1) is 22.4. The van der Waals surface area contributed by atoms with E-state index in [1.165, 1.54) is 0 Å². The fourth-order valence-corrected chi connectivity index (χ4v) is 4.76. The van der Waals surface area contributed by atoms with Gasteiger partial charge in [0.1, 0.15) is 24.9 Å². The van der Waals surface area contributed by atoms with Gasteiger partial charge in [0.25, 0.3) is 0 Å². The number of hydrogen-bond acceptors (Lipinski definition) is 10. The molecule has 0 bridgehead atoms. The van der Waals surface area contributed by atoms with Crippen molar-refractivity contribution in [2.45, 2.75) is 76.7 Å². The zero-order chi connectivity index (χ0) is 32.7. The average molecular weight is 637 g/mol. The van der Waals surface area contributed by atoms with Gasteiger partial charge in [-0.2, -0.15) is 0 Å². The minimum absolute atomic E-state index is 0.0531. The van der Waals surface area contributed by atoms with Crippen LogP contribution in [-0.2, 0) is 33.2 Å². The second-order valence-electron chi connectivity index (χ2n) is 11.1. The summed E-state index contributed by atoms with van der Waals surface area (Å²) in [6.45, 7) is 6.06. The molecule has 0 aliphatic carbocycles. The number of esters is 2. The number of unbranched alkanes of at least 4 members (excludes halogenated alkanes) is 1. The van der Waals surface area contributed by atoms with E-state index in [0.717, 1.165) is 18.4 Å². The van der Waals surface area contributed by atoms with Crippen LogP contribution in [-0.4, -0.2) is 80.3 Å². The molecule has 10 heteroatoms. The van der Waals surface area contributed by atoms with Crippen LogP contribution in [0.5, 0.6) is 0 Å². The fourth-order valence-electron chi connectivity index (χ4n) is 4.76. The lowest BCUT2D eigenvalue weighted by Gasteiger charge is -2.40. The quantitative estimate of drug-likeness (QED) is 0.116. The highest BCUT2D eigenvalue weighted by Gasteiger charge is 2.41. The van der Waals surface area contributed by atoms with Crippen LogP contribution in [0.3, 0.4) is 0 Å². The van der Waals surface area contributed by atoms with Crippen LogP contribution in [0.1, 0.15) is 66.2 Å². The van der Waals surface area contributed by atoms with Crippen molar-refractivity contribution in [3.05, 3.63) is 108 Å². The number of aliphatic hydroxyl groups is 1. The molecule has 3 aromatic carbocycles. The Bertz CT molecular complexity index is 1310. The standard InChI is InChI=1S/C36H44O10/c1-4-5-21-40-22-25(2)43-35(26(3)44-34(39)28-17-11-7-12-18-28)45-31(24-41-33(38)27-15-9-6-10-16-27)32-30(37)23-42-36(46-32)29-19-13-8-14-20-29/h6-20,25-26,30-32,35-37H,4-5,21-24H2,1-3H3/t25?,26-,30?,31+,32+,35-,36?/m0/s1. The maximum atomic E-state index is 13.0. The zero-order valence-corrected chi connectivity index (χ0v) is 26.6. The van der Waals surface area contributed by atoms with E-state index < -0.39 is 55.0 Å². The maximum absolute atomic E-state index is 13.0. The van der Waals surface area contributed by atoms with E-state index in [1.807, 2.05) is 37.3 Å². The fraction of sp³-hybridized carbons (Fsp3) is 0.444. The van der Waals surface area contributed by atoms with Crippen molar-refractivity contribution >= 4 is 11.9 Å². The maximum Gasteiger partial charge on any atom is 0.338 e. The molecule has 46 heavy (non-hydrogen) atoms. The summed E-state index contributed by atoms with van der Waals surface area (Å²) in [6.07, 6.45) is -4.59. The monoisotopic (exact) mass is 636 g/mol. The number of benzene rings is 3. The van der Waals surface area contributed by atoms with Crippen molar-refractivity contribution < 1.29 is 47.9 Å². The Balaban J connectivity index is 1.57. The van der Waals surface area contributed by atoms with Crippen molar-refractivity contribution in [1.82, 2.24) is 0 Å². The van der Waals surface area contributed by atoms with Gasteiger partial charge >= 0.3 is 11.9 Å². The smallest absolute Gasteiger partial charge is 0.338 e. The van der Waals surface area contributed by atoms with Gasteiger partial charge in [0.15, 0.2) is 18.7 Å². The number of carbonyl (C=O) groups excluding carboxylic acids is 2. The summed E-state index contributed by atoms with van der Waals surface area (Å²) in [7, 11) is 0. The van der Waals surface area contributed by atoms with Gasteiger partial charge in [0.05, 0.1) is 30.4 Å². The van der Waals surface area contributed by atoms with Gasteiger partial charge in [0, 0.05) is 12.2 Å². The van der Waals surface area contributed by atoms with Gasteiger partial charge in [0.2, 0.25) is 0 Å². The van der Waals surface area contributed by atoms with Gasteiger partial charge < -0.3 is 38.3 Å². The van der Waals surface area contributed by atoms with Crippen molar-refractivity contribution in [2.24, 2.45) is 0 Å². The lowest BCUT2D eigenvalue weighted by Crippen LogP contribution is -2.53. The first-order valence-electron chi connectivity index (χ1n) is 15.7. The third-order valence-corrected chi connectivity index (χ3v) is 7.26. The molecular formula is C36H44O10. The molecule has 4 rings (SSSR count). The van der Waals surface area contributed by atoms with Crippen LogP contribution in [0, 0.1) is 0 Å². The molecule has 0 saturated carbocycles. The van der Waals surface area contributed by atoms with Crippen molar-refractivity contribution in [2.75, 3.05) is 26.4 Å². The van der Waals surface area contributed by atoms with Gasteiger partial charge in [-0.05, 0) is 44.5 Å². The molecule has 3 aromatic rings. The summed E-state index contributed by atoms with van der Waals surface area (Å²) in [5, 5.41) is 11.1. The van der Waals surface area contributed by atoms with Crippen LogP contribution >= 0.6 is 0 Å². The normalized spacial score (nSPS) is 20.7. The molecule has 0 amide bonds. The van der Waals surface area contributed by atoms with E-state index in [4.69, 9.17) is 33.2 Å². The number of hydrogen-bond donors (Lipinski definition) is 1. The van der Waals surface area contributed by atoms with Gasteiger partial charge in [-0.1, -0.05) is 80.1 Å². The number of rotatable bonds is 17. The molecule has 7 atom stereocenters. The molecule has 248 valence electrons. The van der Waals surface area contributed by atoms with Crippen LogP contribution in [0.25, 0.3) is 0 Å². The van der Waals surface area contributed by atoms with Crippen LogP contribution in [0.15, 0.2) is 91.0 Å². The molecule has 1 fully saturated rings. The summed E-state index contributed by atoms with van der Waals surface area (Å²) in [5.41, 5.74) is 1.47. The second kappa shape index (κ2) is 18.5. The highest BCUT2D eigenvalue weighted by atomic mass is 16.7. The minimum atomic E-state index is -1.15. The molecule has 1 heterocycles. The molecular weight excluding hydrogens is 592 g/mol. The first kappa shape index (κ1) is 35.2. The zero-order valence-electron chi connectivity index (χ0n) is 26.6. The lowest BCUT2D eigenvalue weighted by molar-refractivity contribution is -0.310. The Morgan fingerprint density at radius 3 is 2.09 bits per heavy atom. The van der Waals surface area contributed by atoms with Gasteiger partial charge in [-0.25, -0.2) is 9.59 Å². The second-order valence-corrected chi connectivity index (χ2v) is 11.1. The van der Waals surface area contributed by atoms with E-state index in [9.17, 15) is 14.7 Å². The topological polar surface area (TPSA) is 119 Å². The summed E-state index contributed by atoms with van der Waals surface area (Å²) >= 11 is 0. The third-order valence-electron chi connectivity index (χ3n) is 7.26. The molecule has 1 aliphatic heterocycles. The molecule has 1 aliphatic rings. The van der Waals surface area contributed by atoms with E-state index >= 15 is 0 Å². The summed E-state index contributed by atoms with van der Waals surface area (Å²) in [6, 6.07) is 26.4. The van der Waals surface area contributed by atoms with Crippen molar-refractivity contribution in [1.29, 1.82) is 0 Å². The molecule has 10 nitrogen and oxygen atoms in total. The Hall–Kier alpha value is -3.64. The van der Waals surface area contributed by atoms with Crippen molar-refractivity contribution in [3.63, 3.8) is 0 Å². The molecule has 0 spiro atoms. The Morgan fingerprint density at radius 2 is 1.46 bits per heavy atom. The highest BCUT2D eigenvalue weighted by Crippen LogP contribution is 2.30. The van der Waals surface area contributed by atoms with E-state index in [2.05, 4.69) is 6.92 Å². The summed E-state index contributed by atoms with van der Waals surface area (Å²) in [4.78, 5) is 25.9. The highest BCUT2D eigenvalue weighted by molar-refractivity contribution is 5.89. The molecule has 1 N–H and O–H groups in total. The third kappa shape index (κ3) is 10.7. The molecule has 1 saturated heterocycles. The van der Waals surface area contributed by atoms with Crippen LogP contribution < -0.4 is 0 Å². The number of carbonyl (C=O) groups is 2. The van der Waals surface area contributed by atoms with Crippen LogP contribution in [0.2, 0.25) is 0 Å². The van der Waals surface area contributed by atoms with Gasteiger partial charge in [-0.15, -0.1) is 0 Å².